The summed E-state index contributed by atoms with van der Waals surface area (Å²) in [5.74, 6) is -7.97. The maximum absolute atomic E-state index is 14.6. The van der Waals surface area contributed by atoms with Gasteiger partial charge in [0.2, 0.25) is 23.5 Å². The number of fused-ring (bicyclic) bond motifs is 1. The minimum atomic E-state index is -4.76. The molecule has 3 rings (SSSR count). The molecule has 3 atom stereocenters. The summed E-state index contributed by atoms with van der Waals surface area (Å²) in [7, 11) is 0. The Morgan fingerprint density at radius 1 is 0.894 bits per heavy atom. The predicted octanol–water partition coefficient (Wildman–Crippen LogP) is 3.23. The summed E-state index contributed by atoms with van der Waals surface area (Å²) in [4.78, 5) is 52.9. The number of ether oxygens (including phenoxy) is 1. The third-order valence-electron chi connectivity index (χ3n) is 7.06. The van der Waals surface area contributed by atoms with Crippen LogP contribution in [0.2, 0.25) is 0 Å². The van der Waals surface area contributed by atoms with Gasteiger partial charge in [0.25, 0.3) is 0 Å². The maximum atomic E-state index is 14.6. The highest BCUT2D eigenvalue weighted by molar-refractivity contribution is 5.91. The molecule has 0 spiro atoms. The molecule has 0 saturated carbocycles. The summed E-state index contributed by atoms with van der Waals surface area (Å²) in [6.07, 6.45) is -6.63. The Morgan fingerprint density at radius 2 is 1.53 bits per heavy atom. The van der Waals surface area contributed by atoms with E-state index in [4.69, 9.17) is 4.74 Å². The van der Waals surface area contributed by atoms with Crippen LogP contribution in [0.1, 0.15) is 65.2 Å². The van der Waals surface area contributed by atoms with E-state index in [1.165, 1.54) is 11.8 Å². The minimum absolute atomic E-state index is 0.125. The number of nitrogens with one attached hydrogen (secondary N) is 3. The molecule has 0 aliphatic carbocycles. The lowest BCUT2D eigenvalue weighted by molar-refractivity contribution is -0.148. The number of halogens is 6. The van der Waals surface area contributed by atoms with E-state index >= 15 is 0 Å². The fourth-order valence-electron chi connectivity index (χ4n) is 4.74. The normalized spacial score (nSPS) is 15.4. The summed E-state index contributed by atoms with van der Waals surface area (Å²) in [5, 5.41) is 14.1. The van der Waals surface area contributed by atoms with Crippen molar-refractivity contribution in [2.45, 2.75) is 97.4 Å². The van der Waals surface area contributed by atoms with Gasteiger partial charge in [-0.1, -0.05) is 13.8 Å². The highest BCUT2D eigenvalue weighted by atomic mass is 19.4. The van der Waals surface area contributed by atoms with Crippen LogP contribution in [0.4, 0.5) is 31.1 Å². The lowest BCUT2D eigenvalue weighted by atomic mass is 10.0. The number of hydrogen-bond acceptors (Lipinski definition) is 7. The predicted molar refractivity (Wildman–Crippen MR) is 153 cm³/mol. The largest absolute Gasteiger partial charge is 0.451 e. The van der Waals surface area contributed by atoms with Crippen molar-refractivity contribution >= 4 is 23.8 Å². The van der Waals surface area contributed by atoms with Crippen LogP contribution in [-0.2, 0) is 44.8 Å². The van der Waals surface area contributed by atoms with Crippen LogP contribution in [-0.4, -0.2) is 73.8 Å². The topological polar surface area (TPSA) is 148 Å². The smallest absolute Gasteiger partial charge is 0.444 e. The molecule has 0 bridgehead atoms. The van der Waals surface area contributed by atoms with Crippen molar-refractivity contribution in [3.05, 3.63) is 46.8 Å². The van der Waals surface area contributed by atoms with Crippen LogP contribution in [0, 0.1) is 23.4 Å². The van der Waals surface area contributed by atoms with Gasteiger partial charge in [-0.3, -0.25) is 14.4 Å². The molecule has 47 heavy (non-hydrogen) atoms. The Hall–Kier alpha value is -4.38. The van der Waals surface area contributed by atoms with Crippen LogP contribution in [0.5, 0.6) is 0 Å². The highest BCUT2D eigenvalue weighted by Gasteiger charge is 2.40. The van der Waals surface area contributed by atoms with Gasteiger partial charge in [0.1, 0.15) is 23.5 Å². The Kier molecular flexibility index (Phi) is 11.5. The Balaban J connectivity index is 1.75. The van der Waals surface area contributed by atoms with Crippen LogP contribution in [0.25, 0.3) is 0 Å². The Bertz CT molecular complexity index is 1490. The SMILES string of the molecule is CC(NC(=O)C(NC(=O)OC(C)(C)C)C(C)C)C(=O)NC(CC(=O)N1CCn2c(nnc2C(F)(F)F)C1)Cc1cc(F)c(F)cc1F. The monoisotopic (exact) mass is 677 g/mol. The summed E-state index contributed by atoms with van der Waals surface area (Å²) in [6, 6.07) is -2.70. The summed E-state index contributed by atoms with van der Waals surface area (Å²) >= 11 is 0. The number of benzene rings is 1. The van der Waals surface area contributed by atoms with Gasteiger partial charge in [0.05, 0.1) is 6.54 Å². The van der Waals surface area contributed by atoms with E-state index in [2.05, 4.69) is 26.1 Å². The molecule has 1 aliphatic heterocycles. The zero-order chi connectivity index (χ0) is 35.4. The third-order valence-corrected chi connectivity index (χ3v) is 7.06. The molecule has 0 radical (unpaired) electrons. The highest BCUT2D eigenvalue weighted by Crippen LogP contribution is 2.29. The second-order valence-electron chi connectivity index (χ2n) is 12.5. The van der Waals surface area contributed by atoms with Crippen molar-refractivity contribution in [1.82, 2.24) is 35.6 Å². The lowest BCUT2D eigenvalue weighted by Crippen LogP contribution is -2.56. The molecule has 18 heteroatoms. The van der Waals surface area contributed by atoms with Gasteiger partial charge >= 0.3 is 12.3 Å². The number of nitrogens with zero attached hydrogens (tertiary/aromatic N) is 4. The molecule has 2 heterocycles. The van der Waals surface area contributed by atoms with Crippen LogP contribution in [0.15, 0.2) is 12.1 Å². The Labute approximate surface area is 266 Å². The molecule has 12 nitrogen and oxygen atoms in total. The summed E-state index contributed by atoms with van der Waals surface area (Å²) < 4.78 is 87.8. The lowest BCUT2D eigenvalue weighted by Gasteiger charge is -2.30. The molecule has 3 unspecified atom stereocenters. The number of alkyl carbamates (subject to hydrolysis) is 1. The van der Waals surface area contributed by atoms with Crippen LogP contribution < -0.4 is 16.0 Å². The van der Waals surface area contributed by atoms with E-state index in [1.54, 1.807) is 34.6 Å². The molecular weight excluding hydrogens is 640 g/mol. The van der Waals surface area contributed by atoms with Gasteiger partial charge < -0.3 is 30.2 Å². The average Bonchev–Trinajstić information content (AvgIpc) is 3.37. The number of hydrogen-bond donors (Lipinski definition) is 3. The first-order valence-corrected chi connectivity index (χ1v) is 14.7. The van der Waals surface area contributed by atoms with Crippen molar-refractivity contribution in [3.8, 4) is 0 Å². The molecular formula is C29H37F6N7O5. The molecule has 2 aromatic rings. The van der Waals surface area contributed by atoms with Crippen molar-refractivity contribution in [2.75, 3.05) is 6.54 Å². The average molecular weight is 678 g/mol. The second kappa shape index (κ2) is 14.6. The van der Waals surface area contributed by atoms with Gasteiger partial charge in [-0.25, -0.2) is 18.0 Å². The standard InChI is InChI=1S/C29H37F6N7O5/c1-14(2)23(38-27(46)47-28(4,5)6)25(45)36-15(3)24(44)37-17(9-16-10-19(31)20(32)12-18(16)30)11-22(43)41-7-8-42-21(13-41)39-40-26(42)29(33,34)35/h10,12,14-15,17,23H,7-9,11,13H2,1-6H3,(H,36,45)(H,37,44)(H,38,46). The van der Waals surface area contributed by atoms with Gasteiger partial charge in [0, 0.05) is 31.6 Å². The molecule has 3 N–H and O–H groups in total. The van der Waals surface area contributed by atoms with Crippen molar-refractivity contribution in [2.24, 2.45) is 5.92 Å². The number of aromatic nitrogens is 3. The third kappa shape index (κ3) is 10.1. The molecule has 0 saturated heterocycles. The fraction of sp³-hybridized carbons (Fsp3) is 0.586. The Morgan fingerprint density at radius 3 is 2.13 bits per heavy atom. The van der Waals surface area contributed by atoms with E-state index in [0.29, 0.717) is 12.1 Å². The van der Waals surface area contributed by atoms with Gasteiger partial charge in [0.15, 0.2) is 17.5 Å². The first-order valence-electron chi connectivity index (χ1n) is 14.7. The number of amides is 4. The van der Waals surface area contributed by atoms with E-state index in [1.807, 2.05) is 0 Å². The number of carbonyl (C=O) groups is 4. The number of alkyl halides is 3. The summed E-state index contributed by atoms with van der Waals surface area (Å²) in [5.41, 5.74) is -1.21. The zero-order valence-electron chi connectivity index (χ0n) is 26.6. The quantitative estimate of drug-likeness (QED) is 0.259. The molecule has 260 valence electrons. The molecule has 1 aromatic heterocycles. The second-order valence-corrected chi connectivity index (χ2v) is 12.5. The van der Waals surface area contributed by atoms with Crippen molar-refractivity contribution in [1.29, 1.82) is 0 Å². The first-order chi connectivity index (χ1) is 21.7. The van der Waals surface area contributed by atoms with E-state index in [-0.39, 0.29) is 31.0 Å². The number of rotatable bonds is 10. The van der Waals surface area contributed by atoms with Gasteiger partial charge in [-0.05, 0) is 51.7 Å². The molecule has 4 amide bonds. The van der Waals surface area contributed by atoms with E-state index < -0.39 is 95.8 Å². The number of carbonyl (C=O) groups excluding carboxylic acids is 4. The minimum Gasteiger partial charge on any atom is -0.444 e. The molecule has 1 aromatic carbocycles. The van der Waals surface area contributed by atoms with E-state index in [9.17, 15) is 45.5 Å². The van der Waals surface area contributed by atoms with Crippen molar-refractivity contribution in [3.63, 3.8) is 0 Å². The molecule has 1 aliphatic rings. The maximum Gasteiger partial charge on any atom is 0.451 e. The zero-order valence-corrected chi connectivity index (χ0v) is 26.6. The van der Waals surface area contributed by atoms with Gasteiger partial charge in [-0.2, -0.15) is 13.2 Å². The molecule has 0 fully saturated rings. The summed E-state index contributed by atoms with van der Waals surface area (Å²) in [6.45, 7) is 8.75. The van der Waals surface area contributed by atoms with Gasteiger partial charge in [-0.15, -0.1) is 10.2 Å². The van der Waals surface area contributed by atoms with Crippen LogP contribution in [0.3, 0.4) is 0 Å². The fourth-order valence-corrected chi connectivity index (χ4v) is 4.74. The van der Waals surface area contributed by atoms with E-state index in [0.717, 1.165) is 4.57 Å². The van der Waals surface area contributed by atoms with Crippen LogP contribution >= 0.6 is 0 Å². The first kappa shape index (κ1) is 37.1. The van der Waals surface area contributed by atoms with Crippen molar-refractivity contribution < 1.29 is 50.3 Å².